The van der Waals surface area contributed by atoms with Crippen LogP contribution in [0.5, 0.6) is 5.75 Å². The molecule has 2 saturated heterocycles. The number of amides is 1. The summed E-state index contributed by atoms with van der Waals surface area (Å²) in [6, 6.07) is 11.6. The Morgan fingerprint density at radius 2 is 1.79 bits per heavy atom. The van der Waals surface area contributed by atoms with E-state index >= 15 is 0 Å². The quantitative estimate of drug-likeness (QED) is 0.361. The van der Waals surface area contributed by atoms with Crippen LogP contribution in [0.4, 0.5) is 0 Å². The molecule has 4 aromatic heterocycles. The SMILES string of the molecule is CCCCn1c(C(=O)N2CCC(N3CCC(Oc4ccncc4)CC3)CC2)cc2c(=O)n3ccccc3nc21. The molecule has 1 amide bonds. The molecule has 39 heavy (non-hydrogen) atoms. The highest BCUT2D eigenvalue weighted by atomic mass is 16.5. The maximum absolute atomic E-state index is 13.8. The van der Waals surface area contributed by atoms with Crippen molar-refractivity contribution >= 4 is 22.6 Å². The van der Waals surface area contributed by atoms with Crippen LogP contribution in [0.3, 0.4) is 0 Å². The minimum atomic E-state index is -0.130. The van der Waals surface area contributed by atoms with Gasteiger partial charge in [0.25, 0.3) is 11.5 Å². The normalized spacial score (nSPS) is 17.7. The molecule has 0 N–H and O–H groups in total. The predicted molar refractivity (Wildman–Crippen MR) is 150 cm³/mol. The molecule has 0 bridgehead atoms. The molecule has 2 fully saturated rings. The van der Waals surface area contributed by atoms with Gasteiger partial charge in [-0.3, -0.25) is 23.9 Å². The van der Waals surface area contributed by atoms with Crippen molar-refractivity contribution in [2.75, 3.05) is 26.2 Å². The molecule has 0 aliphatic carbocycles. The lowest BCUT2D eigenvalue weighted by molar-refractivity contribution is 0.0420. The van der Waals surface area contributed by atoms with Crippen LogP contribution >= 0.6 is 0 Å². The number of carbonyl (C=O) groups excluding carboxylic acids is 1. The number of likely N-dealkylation sites (tertiary alicyclic amines) is 2. The van der Waals surface area contributed by atoms with Gasteiger partial charge in [-0.25, -0.2) is 4.98 Å². The first kappa shape index (κ1) is 25.6. The molecule has 0 unspecified atom stereocenters. The molecule has 4 aromatic rings. The highest BCUT2D eigenvalue weighted by molar-refractivity contribution is 5.98. The lowest BCUT2D eigenvalue weighted by atomic mass is 9.98. The third kappa shape index (κ3) is 5.15. The van der Waals surface area contributed by atoms with Gasteiger partial charge in [-0.05, 0) is 62.4 Å². The second-order valence-electron chi connectivity index (χ2n) is 10.7. The number of fused-ring (bicyclic) bond motifs is 2. The summed E-state index contributed by atoms with van der Waals surface area (Å²) in [5, 5.41) is 0.505. The Kier molecular flexibility index (Phi) is 7.32. The summed E-state index contributed by atoms with van der Waals surface area (Å²) in [6.07, 6.45) is 11.4. The predicted octanol–water partition coefficient (Wildman–Crippen LogP) is 3.99. The third-order valence-corrected chi connectivity index (χ3v) is 8.23. The Balaban J connectivity index is 1.13. The van der Waals surface area contributed by atoms with E-state index in [4.69, 9.17) is 9.72 Å². The van der Waals surface area contributed by atoms with Gasteiger partial charge in [0.05, 0.1) is 5.39 Å². The number of aromatic nitrogens is 4. The standard InChI is InChI=1S/C30H36N6O3/c1-2-3-15-35-26(21-25-28(35)32-27-6-4-5-16-36(27)29(25)37)30(38)34-17-9-22(10-18-34)33-19-11-24(12-20-33)39-23-7-13-31-14-8-23/h4-8,13-14,16,21-22,24H,2-3,9-12,15,17-20H2,1H3. The van der Waals surface area contributed by atoms with E-state index in [1.165, 1.54) is 0 Å². The van der Waals surface area contributed by atoms with E-state index < -0.39 is 0 Å². The van der Waals surface area contributed by atoms with Gasteiger partial charge >= 0.3 is 0 Å². The summed E-state index contributed by atoms with van der Waals surface area (Å²) >= 11 is 0. The van der Waals surface area contributed by atoms with Crippen molar-refractivity contribution in [3.05, 3.63) is 71.0 Å². The van der Waals surface area contributed by atoms with E-state index in [0.29, 0.717) is 35.0 Å². The molecule has 2 aliphatic heterocycles. The number of pyridine rings is 2. The Morgan fingerprint density at radius 3 is 2.54 bits per heavy atom. The van der Waals surface area contributed by atoms with Crippen LogP contribution in [0.15, 0.2) is 59.8 Å². The van der Waals surface area contributed by atoms with Gasteiger partial charge < -0.3 is 14.2 Å². The fourth-order valence-corrected chi connectivity index (χ4v) is 6.04. The Bertz CT molecular complexity index is 1500. The molecule has 6 heterocycles. The Morgan fingerprint density at radius 1 is 1.03 bits per heavy atom. The first-order chi connectivity index (χ1) is 19.1. The molecule has 0 aromatic carbocycles. The fourth-order valence-electron chi connectivity index (χ4n) is 6.04. The summed E-state index contributed by atoms with van der Waals surface area (Å²) in [5.74, 6) is 0.887. The maximum atomic E-state index is 13.8. The molecule has 9 heteroatoms. The highest BCUT2D eigenvalue weighted by Crippen LogP contribution is 2.26. The minimum absolute atomic E-state index is 0.000434. The van der Waals surface area contributed by atoms with Gasteiger partial charge in [-0.1, -0.05) is 19.4 Å². The Labute approximate surface area is 228 Å². The number of hydrogen-bond acceptors (Lipinski definition) is 6. The van der Waals surface area contributed by atoms with Gasteiger partial charge in [0.2, 0.25) is 0 Å². The summed E-state index contributed by atoms with van der Waals surface area (Å²) in [6.45, 7) is 6.28. The van der Waals surface area contributed by atoms with Crippen LogP contribution in [-0.4, -0.2) is 73.0 Å². The molecule has 0 saturated carbocycles. The number of rotatable bonds is 7. The average Bonchev–Trinajstić information content (AvgIpc) is 3.35. The minimum Gasteiger partial charge on any atom is -0.490 e. The van der Waals surface area contributed by atoms with E-state index in [2.05, 4.69) is 16.8 Å². The van der Waals surface area contributed by atoms with Crippen molar-refractivity contribution in [3.8, 4) is 5.75 Å². The molecular formula is C30H36N6O3. The van der Waals surface area contributed by atoms with Crippen molar-refractivity contribution in [2.45, 2.75) is 64.1 Å². The summed E-state index contributed by atoms with van der Waals surface area (Å²) < 4.78 is 9.66. The van der Waals surface area contributed by atoms with Crippen molar-refractivity contribution in [1.82, 2.24) is 28.7 Å². The van der Waals surface area contributed by atoms with Crippen molar-refractivity contribution < 1.29 is 9.53 Å². The monoisotopic (exact) mass is 528 g/mol. The van der Waals surface area contributed by atoms with Crippen LogP contribution in [0.2, 0.25) is 0 Å². The van der Waals surface area contributed by atoms with Gasteiger partial charge in [0.1, 0.15) is 28.8 Å². The van der Waals surface area contributed by atoms with Gasteiger partial charge in [-0.2, -0.15) is 0 Å². The van der Waals surface area contributed by atoms with E-state index in [1.807, 2.05) is 39.8 Å². The molecule has 0 atom stereocenters. The van der Waals surface area contributed by atoms with Crippen LogP contribution in [-0.2, 0) is 6.54 Å². The van der Waals surface area contributed by atoms with Crippen LogP contribution in [0.1, 0.15) is 55.9 Å². The van der Waals surface area contributed by atoms with E-state index in [9.17, 15) is 9.59 Å². The summed E-state index contributed by atoms with van der Waals surface area (Å²) in [7, 11) is 0. The van der Waals surface area contributed by atoms with Gasteiger partial charge in [0.15, 0.2) is 0 Å². The van der Waals surface area contributed by atoms with E-state index in [0.717, 1.165) is 70.5 Å². The number of ether oxygens (including phenoxy) is 1. The van der Waals surface area contributed by atoms with E-state index in [1.54, 1.807) is 29.1 Å². The summed E-state index contributed by atoms with van der Waals surface area (Å²) in [5.41, 5.74) is 1.65. The third-order valence-electron chi connectivity index (χ3n) is 8.23. The number of aryl methyl sites for hydroxylation is 1. The lowest BCUT2D eigenvalue weighted by Gasteiger charge is -2.41. The first-order valence-electron chi connectivity index (χ1n) is 14.2. The van der Waals surface area contributed by atoms with Crippen LogP contribution in [0.25, 0.3) is 16.7 Å². The average molecular weight is 529 g/mol. The zero-order valence-electron chi connectivity index (χ0n) is 22.5. The molecule has 0 radical (unpaired) electrons. The van der Waals surface area contributed by atoms with Crippen LogP contribution < -0.4 is 10.3 Å². The Hall–Kier alpha value is -3.72. The van der Waals surface area contributed by atoms with Crippen molar-refractivity contribution in [2.24, 2.45) is 0 Å². The number of unbranched alkanes of at least 4 members (excludes halogenated alkanes) is 1. The zero-order chi connectivity index (χ0) is 26.8. The highest BCUT2D eigenvalue weighted by Gasteiger charge is 2.32. The van der Waals surface area contributed by atoms with Crippen molar-refractivity contribution in [1.29, 1.82) is 0 Å². The molecule has 0 spiro atoms. The fraction of sp³-hybridized carbons (Fsp3) is 0.467. The number of carbonyl (C=O) groups is 1. The lowest BCUT2D eigenvalue weighted by Crippen LogP contribution is -2.50. The second-order valence-corrected chi connectivity index (χ2v) is 10.7. The van der Waals surface area contributed by atoms with Crippen LogP contribution in [0, 0.1) is 0 Å². The number of nitrogens with zero attached hydrogens (tertiary/aromatic N) is 6. The number of piperidine rings is 2. The smallest absolute Gasteiger partial charge is 0.270 e. The molecular weight excluding hydrogens is 492 g/mol. The van der Waals surface area contributed by atoms with E-state index in [-0.39, 0.29) is 17.6 Å². The molecule has 2 aliphatic rings. The summed E-state index contributed by atoms with van der Waals surface area (Å²) in [4.78, 5) is 40.4. The molecule has 6 rings (SSSR count). The van der Waals surface area contributed by atoms with Gasteiger partial charge in [0, 0.05) is 57.4 Å². The van der Waals surface area contributed by atoms with Gasteiger partial charge in [-0.15, -0.1) is 0 Å². The molecule has 204 valence electrons. The largest absolute Gasteiger partial charge is 0.490 e. The topological polar surface area (TPSA) is 85.0 Å². The maximum Gasteiger partial charge on any atom is 0.270 e. The number of hydrogen-bond donors (Lipinski definition) is 0. The zero-order valence-corrected chi connectivity index (χ0v) is 22.5. The first-order valence-corrected chi connectivity index (χ1v) is 14.2. The van der Waals surface area contributed by atoms with Crippen molar-refractivity contribution in [3.63, 3.8) is 0 Å². The molecule has 9 nitrogen and oxygen atoms in total. The second kappa shape index (κ2) is 11.2.